The lowest BCUT2D eigenvalue weighted by Crippen LogP contribution is -2.36. The van der Waals surface area contributed by atoms with E-state index in [1.807, 2.05) is 36.0 Å². The van der Waals surface area contributed by atoms with Gasteiger partial charge in [0, 0.05) is 37.4 Å². The predicted octanol–water partition coefficient (Wildman–Crippen LogP) is 1.28. The van der Waals surface area contributed by atoms with E-state index >= 15 is 0 Å². The van der Waals surface area contributed by atoms with Crippen molar-refractivity contribution in [2.45, 2.75) is 31.9 Å². The van der Waals surface area contributed by atoms with E-state index < -0.39 is 6.10 Å². The van der Waals surface area contributed by atoms with Crippen LogP contribution in [0.15, 0.2) is 47.7 Å². The van der Waals surface area contributed by atoms with Crippen LogP contribution in [-0.2, 0) is 0 Å². The molecule has 2 fully saturated rings. The summed E-state index contributed by atoms with van der Waals surface area (Å²) in [6.07, 6.45) is 5.89. The van der Waals surface area contributed by atoms with Crippen LogP contribution in [0.3, 0.4) is 0 Å². The summed E-state index contributed by atoms with van der Waals surface area (Å²) < 4.78 is 3.29. The van der Waals surface area contributed by atoms with E-state index in [4.69, 9.17) is 0 Å². The molecule has 5 rings (SSSR count). The van der Waals surface area contributed by atoms with Gasteiger partial charge in [-0.1, -0.05) is 6.07 Å². The molecule has 0 radical (unpaired) electrons. The molecular formula is C21H23N5O3. The van der Waals surface area contributed by atoms with E-state index in [0.717, 1.165) is 12.1 Å². The molecule has 4 atom stereocenters. The minimum absolute atomic E-state index is 0.0723. The number of carbonyl (C=O) groups is 1. The predicted molar refractivity (Wildman–Crippen MR) is 106 cm³/mol. The summed E-state index contributed by atoms with van der Waals surface area (Å²) in [5.74, 6) is 0.243. The second-order valence-corrected chi connectivity index (χ2v) is 8.16. The lowest BCUT2D eigenvalue weighted by Gasteiger charge is -2.35. The molecule has 3 aromatic heterocycles. The fraction of sp³-hybridized carbons (Fsp3) is 0.429. The lowest BCUT2D eigenvalue weighted by molar-refractivity contribution is 0.0306. The van der Waals surface area contributed by atoms with Gasteiger partial charge in [0.2, 0.25) is 0 Å². The zero-order valence-corrected chi connectivity index (χ0v) is 16.2. The topological polar surface area (TPSA) is 92.7 Å². The number of likely N-dealkylation sites (tertiary alicyclic amines) is 1. The number of rotatable bonds is 2. The third kappa shape index (κ3) is 2.95. The van der Waals surface area contributed by atoms with E-state index in [1.54, 1.807) is 17.2 Å². The maximum atomic E-state index is 13.2. The van der Waals surface area contributed by atoms with Crippen LogP contribution in [0.4, 0.5) is 0 Å². The van der Waals surface area contributed by atoms with Crippen LogP contribution in [0.2, 0.25) is 0 Å². The number of aliphatic hydroxyl groups excluding tert-OH is 1. The molecular weight excluding hydrogens is 370 g/mol. The Balaban J connectivity index is 1.40. The highest BCUT2D eigenvalue weighted by Gasteiger charge is 2.44. The number of aryl methyl sites for hydroxylation is 1. The van der Waals surface area contributed by atoms with E-state index in [1.165, 1.54) is 10.6 Å². The summed E-state index contributed by atoms with van der Waals surface area (Å²) in [7, 11) is 0. The van der Waals surface area contributed by atoms with Crippen molar-refractivity contribution in [2.75, 3.05) is 13.1 Å². The number of amides is 1. The lowest BCUT2D eigenvalue weighted by atomic mass is 9.77. The molecule has 0 bridgehead atoms. The Hall–Kier alpha value is -3.00. The van der Waals surface area contributed by atoms with Crippen molar-refractivity contribution in [2.24, 2.45) is 11.8 Å². The summed E-state index contributed by atoms with van der Waals surface area (Å²) >= 11 is 0. The van der Waals surface area contributed by atoms with Crippen LogP contribution >= 0.6 is 0 Å². The first kappa shape index (κ1) is 18.1. The van der Waals surface area contributed by atoms with Gasteiger partial charge in [-0.05, 0) is 49.8 Å². The number of hydrogen-bond donors (Lipinski definition) is 1. The van der Waals surface area contributed by atoms with Gasteiger partial charge in [0.25, 0.3) is 11.5 Å². The van der Waals surface area contributed by atoms with Crippen LogP contribution in [0.5, 0.6) is 0 Å². The number of fused-ring (bicyclic) bond motifs is 2. The maximum absolute atomic E-state index is 13.2. The largest absolute Gasteiger partial charge is 0.391 e. The first-order valence-corrected chi connectivity index (χ1v) is 9.97. The van der Waals surface area contributed by atoms with Crippen molar-refractivity contribution in [3.05, 3.63) is 64.5 Å². The molecule has 1 aliphatic heterocycles. The van der Waals surface area contributed by atoms with Crippen molar-refractivity contribution in [3.8, 4) is 0 Å². The van der Waals surface area contributed by atoms with E-state index in [2.05, 4.69) is 10.1 Å². The average Bonchev–Trinajstić information content (AvgIpc) is 3.36. The van der Waals surface area contributed by atoms with Crippen LogP contribution in [0.25, 0.3) is 5.65 Å². The number of pyridine rings is 1. The van der Waals surface area contributed by atoms with Crippen molar-refractivity contribution in [1.29, 1.82) is 0 Å². The van der Waals surface area contributed by atoms with E-state index in [9.17, 15) is 14.7 Å². The Bertz CT molecular complexity index is 1120. The van der Waals surface area contributed by atoms with Gasteiger partial charge in [-0.25, -0.2) is 4.98 Å². The normalized spacial score (nSPS) is 26.6. The number of aliphatic hydroxyl groups is 1. The Labute approximate surface area is 167 Å². The highest BCUT2D eigenvalue weighted by Crippen LogP contribution is 2.41. The summed E-state index contributed by atoms with van der Waals surface area (Å²) in [5.41, 5.74) is 1.05. The summed E-state index contributed by atoms with van der Waals surface area (Å²) in [6.45, 7) is 2.97. The molecule has 1 saturated heterocycles. The fourth-order valence-corrected chi connectivity index (χ4v) is 4.93. The van der Waals surface area contributed by atoms with Crippen molar-refractivity contribution in [3.63, 3.8) is 0 Å². The first-order chi connectivity index (χ1) is 14.0. The minimum Gasteiger partial charge on any atom is -0.391 e. The van der Waals surface area contributed by atoms with Gasteiger partial charge in [-0.2, -0.15) is 5.10 Å². The second-order valence-electron chi connectivity index (χ2n) is 8.16. The Morgan fingerprint density at radius 3 is 2.72 bits per heavy atom. The highest BCUT2D eigenvalue weighted by atomic mass is 16.3. The van der Waals surface area contributed by atoms with Crippen molar-refractivity contribution >= 4 is 11.6 Å². The molecule has 2 aliphatic rings. The zero-order chi connectivity index (χ0) is 20.1. The van der Waals surface area contributed by atoms with Gasteiger partial charge in [-0.3, -0.25) is 18.7 Å². The zero-order valence-electron chi connectivity index (χ0n) is 16.2. The summed E-state index contributed by atoms with van der Waals surface area (Å²) in [6, 6.07) is 7.20. The molecule has 8 heteroatoms. The van der Waals surface area contributed by atoms with Gasteiger partial charge in [0.15, 0.2) is 0 Å². The molecule has 150 valence electrons. The molecule has 3 aromatic rings. The highest BCUT2D eigenvalue weighted by molar-refractivity contribution is 5.94. The molecule has 0 spiro atoms. The van der Waals surface area contributed by atoms with Crippen LogP contribution in [0, 0.1) is 18.8 Å². The van der Waals surface area contributed by atoms with Gasteiger partial charge < -0.3 is 10.0 Å². The van der Waals surface area contributed by atoms with Gasteiger partial charge in [-0.15, -0.1) is 0 Å². The minimum atomic E-state index is -0.484. The van der Waals surface area contributed by atoms with Crippen LogP contribution in [-0.4, -0.2) is 54.3 Å². The number of carbonyl (C=O) groups excluding carboxylic acids is 1. The van der Waals surface area contributed by atoms with E-state index in [-0.39, 0.29) is 34.9 Å². The monoisotopic (exact) mass is 393 g/mol. The smallest absolute Gasteiger partial charge is 0.270 e. The molecule has 0 unspecified atom stereocenters. The van der Waals surface area contributed by atoms with Crippen LogP contribution in [0.1, 0.15) is 34.9 Å². The van der Waals surface area contributed by atoms with Crippen molar-refractivity contribution in [1.82, 2.24) is 24.1 Å². The maximum Gasteiger partial charge on any atom is 0.270 e. The van der Waals surface area contributed by atoms with Gasteiger partial charge in [0.1, 0.15) is 11.2 Å². The Morgan fingerprint density at radius 1 is 1.17 bits per heavy atom. The molecule has 4 heterocycles. The molecule has 1 N–H and O–H groups in total. The van der Waals surface area contributed by atoms with Crippen LogP contribution < -0.4 is 5.56 Å². The van der Waals surface area contributed by atoms with Gasteiger partial charge in [0.05, 0.1) is 12.1 Å². The summed E-state index contributed by atoms with van der Waals surface area (Å²) in [5, 5.41) is 14.9. The molecule has 29 heavy (non-hydrogen) atoms. The number of hydrogen-bond acceptors (Lipinski definition) is 5. The third-order valence-electron chi connectivity index (χ3n) is 6.42. The summed E-state index contributed by atoms with van der Waals surface area (Å²) in [4.78, 5) is 32.2. The Morgan fingerprint density at radius 2 is 1.97 bits per heavy atom. The molecule has 1 aliphatic carbocycles. The second kappa shape index (κ2) is 6.81. The van der Waals surface area contributed by atoms with E-state index in [0.29, 0.717) is 25.2 Å². The SMILES string of the molecule is Cc1cccc2ncc(C(=O)N3C[C@H]4C[C@@H](n5cccn5)[C@H](O)C[C@H]4C3)c(=O)n12. The fourth-order valence-electron chi connectivity index (χ4n) is 4.93. The molecule has 1 amide bonds. The number of aromatic nitrogens is 4. The molecule has 8 nitrogen and oxygen atoms in total. The third-order valence-corrected chi connectivity index (χ3v) is 6.42. The quantitative estimate of drug-likeness (QED) is 0.708. The number of nitrogens with zero attached hydrogens (tertiary/aromatic N) is 5. The standard InChI is InChI=1S/C21H23N5O3/c1-13-4-2-5-19-22-10-16(21(29)26(13)19)20(28)24-11-14-8-17(25-7-3-6-23-25)18(27)9-15(14)12-24/h2-7,10,14-15,17-18,27H,8-9,11-12H2,1H3/t14-,15+,17-,18-/m1/s1. The molecule has 0 aromatic carbocycles. The molecule has 1 saturated carbocycles. The first-order valence-electron chi connectivity index (χ1n) is 9.97. The average molecular weight is 393 g/mol. The van der Waals surface area contributed by atoms with Crippen molar-refractivity contribution < 1.29 is 9.90 Å². The van der Waals surface area contributed by atoms with Gasteiger partial charge >= 0.3 is 0 Å². The Kier molecular flexibility index (Phi) is 4.24.